The second-order valence-electron chi connectivity index (χ2n) is 4.55. The summed E-state index contributed by atoms with van der Waals surface area (Å²) in [5.41, 5.74) is 1.09. The first kappa shape index (κ1) is 17.3. The maximum atomic E-state index is 11.6. The van der Waals surface area contributed by atoms with Crippen LogP contribution >= 0.6 is 0 Å². The van der Waals surface area contributed by atoms with E-state index in [1.54, 1.807) is 14.2 Å². The number of hydrogen-bond donors (Lipinski definition) is 2. The largest absolute Gasteiger partial charge is 0.493 e. The minimum atomic E-state index is -0.193. The molecule has 0 saturated carbocycles. The van der Waals surface area contributed by atoms with Gasteiger partial charge in [0.15, 0.2) is 18.1 Å². The van der Waals surface area contributed by atoms with Gasteiger partial charge in [-0.15, -0.1) is 0 Å². The molecule has 0 aliphatic carbocycles. The van der Waals surface area contributed by atoms with Crippen molar-refractivity contribution in [2.45, 2.75) is 13.0 Å². The Bertz CT molecular complexity index is 451. The lowest BCUT2D eigenvalue weighted by Gasteiger charge is -2.15. The first-order valence-corrected chi connectivity index (χ1v) is 6.86. The molecule has 0 radical (unpaired) electrons. The van der Waals surface area contributed by atoms with E-state index in [4.69, 9.17) is 14.2 Å². The molecule has 1 atom stereocenters. The van der Waals surface area contributed by atoms with Gasteiger partial charge in [0.05, 0.1) is 13.7 Å². The summed E-state index contributed by atoms with van der Waals surface area (Å²) in [6.45, 7) is 2.94. The summed E-state index contributed by atoms with van der Waals surface area (Å²) in [6.07, 6.45) is 0. The topological polar surface area (TPSA) is 68.8 Å². The molecule has 0 heterocycles. The number of nitrogens with one attached hydrogen (secondary N) is 2. The average Bonchev–Trinajstić information content (AvgIpc) is 2.52. The van der Waals surface area contributed by atoms with Crippen molar-refractivity contribution in [2.75, 3.05) is 41.0 Å². The standard InChI is InChI=1S/C15H24N2O4/c1-11(16-2)12-5-6-13(14(9-12)20-4)21-10-15(18)17-7-8-19-3/h5-6,9,11,16H,7-8,10H2,1-4H3,(H,17,18). The minimum Gasteiger partial charge on any atom is -0.493 e. The molecule has 2 N–H and O–H groups in total. The van der Waals surface area contributed by atoms with Gasteiger partial charge in [-0.1, -0.05) is 6.07 Å². The first-order valence-electron chi connectivity index (χ1n) is 6.86. The first-order chi connectivity index (χ1) is 10.1. The Morgan fingerprint density at radius 2 is 2.05 bits per heavy atom. The highest BCUT2D eigenvalue weighted by molar-refractivity contribution is 5.77. The summed E-state index contributed by atoms with van der Waals surface area (Å²) < 4.78 is 15.7. The van der Waals surface area contributed by atoms with Crippen LogP contribution in [0.2, 0.25) is 0 Å². The molecule has 1 aromatic rings. The van der Waals surface area contributed by atoms with Crippen molar-refractivity contribution in [3.05, 3.63) is 23.8 Å². The van der Waals surface area contributed by atoms with Crippen LogP contribution in [-0.4, -0.2) is 46.9 Å². The monoisotopic (exact) mass is 296 g/mol. The number of hydrogen-bond acceptors (Lipinski definition) is 5. The van der Waals surface area contributed by atoms with E-state index < -0.39 is 0 Å². The van der Waals surface area contributed by atoms with Gasteiger partial charge in [0.25, 0.3) is 5.91 Å². The lowest BCUT2D eigenvalue weighted by Crippen LogP contribution is -2.31. The zero-order valence-corrected chi connectivity index (χ0v) is 13.1. The molecule has 6 heteroatoms. The van der Waals surface area contributed by atoms with Crippen LogP contribution in [0.1, 0.15) is 18.5 Å². The van der Waals surface area contributed by atoms with Gasteiger partial charge in [0, 0.05) is 19.7 Å². The Morgan fingerprint density at radius 3 is 2.67 bits per heavy atom. The fraction of sp³-hybridized carbons (Fsp3) is 0.533. The maximum Gasteiger partial charge on any atom is 0.258 e. The molecule has 21 heavy (non-hydrogen) atoms. The van der Waals surface area contributed by atoms with E-state index >= 15 is 0 Å². The van der Waals surface area contributed by atoms with Gasteiger partial charge in [-0.2, -0.15) is 0 Å². The van der Waals surface area contributed by atoms with Crippen LogP contribution in [0, 0.1) is 0 Å². The van der Waals surface area contributed by atoms with Gasteiger partial charge in [-0.25, -0.2) is 0 Å². The number of methoxy groups -OCH3 is 2. The summed E-state index contributed by atoms with van der Waals surface area (Å²) in [5, 5.41) is 5.85. The summed E-state index contributed by atoms with van der Waals surface area (Å²) in [7, 11) is 5.06. The van der Waals surface area contributed by atoms with E-state index in [9.17, 15) is 4.79 Å². The quantitative estimate of drug-likeness (QED) is 0.668. The molecule has 118 valence electrons. The molecule has 0 spiro atoms. The van der Waals surface area contributed by atoms with Crippen LogP contribution in [0.3, 0.4) is 0 Å². The molecule has 0 aliphatic rings. The highest BCUT2D eigenvalue weighted by Gasteiger charge is 2.10. The number of benzene rings is 1. The third-order valence-electron chi connectivity index (χ3n) is 3.11. The molecule has 1 amide bonds. The second kappa shape index (κ2) is 9.20. The van der Waals surface area contributed by atoms with Crippen molar-refractivity contribution in [2.24, 2.45) is 0 Å². The van der Waals surface area contributed by atoms with Crippen molar-refractivity contribution in [1.29, 1.82) is 0 Å². The molecule has 1 unspecified atom stereocenters. The maximum absolute atomic E-state index is 11.6. The van der Waals surface area contributed by atoms with Gasteiger partial charge in [-0.3, -0.25) is 4.79 Å². The lowest BCUT2D eigenvalue weighted by molar-refractivity contribution is -0.123. The van der Waals surface area contributed by atoms with E-state index in [0.717, 1.165) is 5.56 Å². The van der Waals surface area contributed by atoms with Gasteiger partial charge < -0.3 is 24.8 Å². The summed E-state index contributed by atoms with van der Waals surface area (Å²) in [4.78, 5) is 11.6. The molecule has 1 rings (SSSR count). The predicted molar refractivity (Wildman–Crippen MR) is 80.8 cm³/mol. The van der Waals surface area contributed by atoms with Crippen LogP contribution in [0.25, 0.3) is 0 Å². The number of amides is 1. The number of rotatable bonds is 9. The summed E-state index contributed by atoms with van der Waals surface area (Å²) >= 11 is 0. The molecule has 0 aromatic heterocycles. The van der Waals surface area contributed by atoms with Crippen LogP contribution in [0.4, 0.5) is 0 Å². The Morgan fingerprint density at radius 1 is 1.29 bits per heavy atom. The van der Waals surface area contributed by atoms with Gasteiger partial charge >= 0.3 is 0 Å². The van der Waals surface area contributed by atoms with Gasteiger partial charge in [0.1, 0.15) is 0 Å². The van der Waals surface area contributed by atoms with E-state index in [1.165, 1.54) is 0 Å². The highest BCUT2D eigenvalue weighted by Crippen LogP contribution is 2.30. The molecular formula is C15H24N2O4. The predicted octanol–water partition coefficient (Wildman–Crippen LogP) is 1.12. The Labute approximate surface area is 125 Å². The second-order valence-corrected chi connectivity index (χ2v) is 4.55. The van der Waals surface area contributed by atoms with Gasteiger partial charge in [-0.05, 0) is 31.7 Å². The fourth-order valence-corrected chi connectivity index (χ4v) is 1.73. The molecule has 6 nitrogen and oxygen atoms in total. The SMILES string of the molecule is CNC(C)c1ccc(OCC(=O)NCCOC)c(OC)c1. The smallest absolute Gasteiger partial charge is 0.258 e. The Hall–Kier alpha value is -1.79. The zero-order chi connectivity index (χ0) is 15.7. The van der Waals surface area contributed by atoms with Crippen molar-refractivity contribution < 1.29 is 19.0 Å². The summed E-state index contributed by atoms with van der Waals surface area (Å²) in [5.74, 6) is 0.965. The van der Waals surface area contributed by atoms with Crippen molar-refractivity contribution in [3.8, 4) is 11.5 Å². The fourth-order valence-electron chi connectivity index (χ4n) is 1.73. The van der Waals surface area contributed by atoms with E-state index in [0.29, 0.717) is 24.7 Å². The number of carbonyl (C=O) groups excluding carboxylic acids is 1. The Balaban J connectivity index is 2.60. The molecule has 0 aliphatic heterocycles. The van der Waals surface area contributed by atoms with Gasteiger partial charge in [0.2, 0.25) is 0 Å². The lowest BCUT2D eigenvalue weighted by atomic mass is 10.1. The van der Waals surface area contributed by atoms with E-state index in [1.807, 2.05) is 25.2 Å². The third kappa shape index (κ3) is 5.61. The van der Waals surface area contributed by atoms with Crippen molar-refractivity contribution in [1.82, 2.24) is 10.6 Å². The molecule has 0 fully saturated rings. The average molecular weight is 296 g/mol. The number of carbonyl (C=O) groups is 1. The van der Waals surface area contributed by atoms with E-state index in [2.05, 4.69) is 17.6 Å². The zero-order valence-electron chi connectivity index (χ0n) is 13.1. The minimum absolute atomic E-state index is 0.0546. The van der Waals surface area contributed by atoms with Crippen LogP contribution < -0.4 is 20.1 Å². The van der Waals surface area contributed by atoms with Crippen molar-refractivity contribution >= 4 is 5.91 Å². The van der Waals surface area contributed by atoms with Crippen LogP contribution in [0.15, 0.2) is 18.2 Å². The van der Waals surface area contributed by atoms with E-state index in [-0.39, 0.29) is 18.6 Å². The Kier molecular flexibility index (Phi) is 7.56. The normalized spacial score (nSPS) is 11.8. The molecule has 0 saturated heterocycles. The molecule has 1 aromatic carbocycles. The third-order valence-corrected chi connectivity index (χ3v) is 3.11. The van der Waals surface area contributed by atoms with Crippen molar-refractivity contribution in [3.63, 3.8) is 0 Å². The van der Waals surface area contributed by atoms with Crippen LogP contribution in [-0.2, 0) is 9.53 Å². The highest BCUT2D eigenvalue weighted by atomic mass is 16.5. The summed E-state index contributed by atoms with van der Waals surface area (Å²) in [6, 6.07) is 5.87. The van der Waals surface area contributed by atoms with Crippen LogP contribution in [0.5, 0.6) is 11.5 Å². The number of ether oxygens (including phenoxy) is 3. The molecule has 0 bridgehead atoms. The molecular weight excluding hydrogens is 272 g/mol.